The van der Waals surface area contributed by atoms with Gasteiger partial charge in [0, 0.05) is 57.4 Å². The number of carbonyl (C=O) groups is 3. The van der Waals surface area contributed by atoms with Crippen molar-refractivity contribution in [2.24, 2.45) is 5.73 Å². The Morgan fingerprint density at radius 3 is 2.38 bits per heavy atom. The second kappa shape index (κ2) is 15.2. The first-order valence-corrected chi connectivity index (χ1v) is 14.7. The van der Waals surface area contributed by atoms with E-state index >= 15 is 0 Å². The predicted molar refractivity (Wildman–Crippen MR) is 158 cm³/mol. The maximum absolute atomic E-state index is 14.8. The van der Waals surface area contributed by atoms with E-state index in [4.69, 9.17) is 5.73 Å². The lowest BCUT2D eigenvalue weighted by Crippen LogP contribution is -2.50. The number of amides is 3. The lowest BCUT2D eigenvalue weighted by molar-refractivity contribution is -0.132. The van der Waals surface area contributed by atoms with Gasteiger partial charge < -0.3 is 20.9 Å². The molecule has 0 unspecified atom stereocenters. The second-order valence-electron chi connectivity index (χ2n) is 10.6. The van der Waals surface area contributed by atoms with Gasteiger partial charge in [0.05, 0.1) is 16.6 Å². The highest BCUT2D eigenvalue weighted by Crippen LogP contribution is 2.20. The molecule has 0 radical (unpaired) electrons. The Bertz CT molecular complexity index is 1450. The molecule has 0 bridgehead atoms. The van der Waals surface area contributed by atoms with Gasteiger partial charge >= 0.3 is 0 Å². The van der Waals surface area contributed by atoms with E-state index in [1.54, 1.807) is 28.0 Å². The quantitative estimate of drug-likeness (QED) is 0.266. The highest BCUT2D eigenvalue weighted by atomic mass is 19.1. The molecule has 1 saturated heterocycles. The van der Waals surface area contributed by atoms with E-state index in [-0.39, 0.29) is 29.4 Å². The molecule has 1 fully saturated rings. The molecule has 42 heavy (non-hydrogen) atoms. The summed E-state index contributed by atoms with van der Waals surface area (Å²) in [6, 6.07) is 11.5. The molecule has 3 amide bonds. The molecule has 1 aromatic heterocycles. The molecular weight excluding hydrogens is 539 g/mol. The first-order valence-electron chi connectivity index (χ1n) is 14.7. The van der Waals surface area contributed by atoms with Crippen molar-refractivity contribution in [1.29, 1.82) is 0 Å². The van der Waals surface area contributed by atoms with Crippen LogP contribution in [0.1, 0.15) is 66.6 Å². The number of aromatic nitrogens is 2. The van der Waals surface area contributed by atoms with Crippen molar-refractivity contribution in [2.75, 3.05) is 39.3 Å². The molecule has 2 aromatic carbocycles. The summed E-state index contributed by atoms with van der Waals surface area (Å²) in [7, 11) is 0. The number of unbranched alkanes of at least 4 members (excludes halogenated alkanes) is 3. The minimum Gasteiger partial charge on any atom is -0.356 e. The summed E-state index contributed by atoms with van der Waals surface area (Å²) in [5.41, 5.74) is 6.47. The minimum absolute atomic E-state index is 0.0357. The van der Waals surface area contributed by atoms with E-state index < -0.39 is 11.7 Å². The molecule has 10 nitrogen and oxygen atoms in total. The van der Waals surface area contributed by atoms with Crippen LogP contribution in [-0.4, -0.2) is 77.0 Å². The lowest BCUT2D eigenvalue weighted by Gasteiger charge is -2.35. The van der Waals surface area contributed by atoms with Crippen LogP contribution in [0.4, 0.5) is 4.39 Å². The van der Waals surface area contributed by atoms with Crippen LogP contribution in [0, 0.1) is 5.82 Å². The molecule has 1 aliphatic heterocycles. The van der Waals surface area contributed by atoms with Crippen molar-refractivity contribution < 1.29 is 18.8 Å². The van der Waals surface area contributed by atoms with Crippen LogP contribution >= 0.6 is 0 Å². The van der Waals surface area contributed by atoms with Gasteiger partial charge in [-0.15, -0.1) is 0 Å². The Hall–Kier alpha value is -4.12. The highest BCUT2D eigenvalue weighted by molar-refractivity contribution is 5.95. The van der Waals surface area contributed by atoms with E-state index in [0.29, 0.717) is 80.6 Å². The fourth-order valence-electron chi connectivity index (χ4n) is 5.17. The molecule has 2 heterocycles. The summed E-state index contributed by atoms with van der Waals surface area (Å²) in [6.45, 7) is 2.63. The number of halogens is 1. The van der Waals surface area contributed by atoms with Crippen LogP contribution in [0.3, 0.4) is 0 Å². The van der Waals surface area contributed by atoms with Crippen molar-refractivity contribution in [2.45, 2.75) is 51.4 Å². The fourth-order valence-corrected chi connectivity index (χ4v) is 5.17. The first-order chi connectivity index (χ1) is 20.4. The maximum Gasteiger partial charge on any atom is 0.272 e. The van der Waals surface area contributed by atoms with Gasteiger partial charge in [-0.25, -0.2) is 9.49 Å². The van der Waals surface area contributed by atoms with Crippen LogP contribution in [-0.2, 0) is 16.0 Å². The number of nitrogens with two attached hydrogens (primary N) is 1. The molecule has 11 heteroatoms. The van der Waals surface area contributed by atoms with Gasteiger partial charge in [0.25, 0.3) is 11.5 Å². The Labute approximate surface area is 244 Å². The molecule has 3 aromatic rings. The van der Waals surface area contributed by atoms with Gasteiger partial charge in [-0.2, -0.15) is 5.10 Å². The number of benzene rings is 2. The molecule has 4 rings (SSSR count). The zero-order chi connectivity index (χ0) is 29.9. The summed E-state index contributed by atoms with van der Waals surface area (Å²) < 4.78 is 14.8. The molecule has 1 aliphatic rings. The number of nitrogens with zero attached hydrogens (tertiary/aromatic N) is 3. The third-order valence-electron chi connectivity index (χ3n) is 7.57. The maximum atomic E-state index is 14.8. The van der Waals surface area contributed by atoms with Gasteiger partial charge in [-0.1, -0.05) is 37.1 Å². The molecule has 224 valence electrons. The predicted octanol–water partition coefficient (Wildman–Crippen LogP) is 2.74. The highest BCUT2D eigenvalue weighted by Gasteiger charge is 2.26. The summed E-state index contributed by atoms with van der Waals surface area (Å²) in [6.07, 6.45) is 5.36. The second-order valence-corrected chi connectivity index (χ2v) is 10.6. The van der Waals surface area contributed by atoms with Gasteiger partial charge in [0.1, 0.15) is 5.82 Å². The standard InChI is InChI=1S/C31H39FN6O4/c32-26-13-12-22(21-27-23-8-3-4-9-24(23)30(41)36-35-27)20-25(26)31(42)38-18-16-37(17-19-38)29(40)11-7-10-28(39)34-15-6-2-1-5-14-33/h3-4,8-9,12-13,20H,1-2,5-7,10-11,14-19,21,33H2,(H,34,39)(H,36,41). The number of H-pyrrole nitrogens is 1. The number of piperazine rings is 1. The van der Waals surface area contributed by atoms with Gasteiger partial charge in [-0.05, 0) is 49.6 Å². The Morgan fingerprint density at radius 2 is 1.62 bits per heavy atom. The summed E-state index contributed by atoms with van der Waals surface area (Å²) in [5.74, 6) is -1.15. The fraction of sp³-hybridized carbons (Fsp3) is 0.452. The summed E-state index contributed by atoms with van der Waals surface area (Å²) in [5, 5.41) is 10.8. The van der Waals surface area contributed by atoms with E-state index in [2.05, 4.69) is 15.5 Å². The van der Waals surface area contributed by atoms with E-state index in [9.17, 15) is 23.6 Å². The first kappa shape index (κ1) is 30.8. The van der Waals surface area contributed by atoms with Crippen molar-refractivity contribution in [1.82, 2.24) is 25.3 Å². The monoisotopic (exact) mass is 578 g/mol. The number of hydrogen-bond acceptors (Lipinski definition) is 6. The van der Waals surface area contributed by atoms with E-state index in [1.165, 1.54) is 12.1 Å². The van der Waals surface area contributed by atoms with Crippen LogP contribution in [0.2, 0.25) is 0 Å². The largest absolute Gasteiger partial charge is 0.356 e. The van der Waals surface area contributed by atoms with Crippen LogP contribution in [0.15, 0.2) is 47.3 Å². The van der Waals surface area contributed by atoms with Crippen molar-refractivity contribution >= 4 is 28.5 Å². The van der Waals surface area contributed by atoms with E-state index in [0.717, 1.165) is 25.7 Å². The molecular formula is C31H39FN6O4. The van der Waals surface area contributed by atoms with E-state index in [1.807, 2.05) is 12.1 Å². The number of nitrogens with one attached hydrogen (secondary N) is 2. The molecule has 0 spiro atoms. The smallest absolute Gasteiger partial charge is 0.272 e. The number of aromatic amines is 1. The van der Waals surface area contributed by atoms with Crippen LogP contribution < -0.4 is 16.6 Å². The molecule has 0 saturated carbocycles. The number of rotatable bonds is 13. The van der Waals surface area contributed by atoms with Gasteiger partial charge in [0.2, 0.25) is 11.8 Å². The Kier molecular flexibility index (Phi) is 11.2. The number of fused-ring (bicyclic) bond motifs is 1. The lowest BCUT2D eigenvalue weighted by atomic mass is 10.0. The zero-order valence-electron chi connectivity index (χ0n) is 23.9. The summed E-state index contributed by atoms with van der Waals surface area (Å²) in [4.78, 5) is 53.3. The SMILES string of the molecule is NCCCCCCNC(=O)CCCC(=O)N1CCN(C(=O)c2cc(Cc3n[nH]c(=O)c4ccccc34)ccc2F)CC1. The topological polar surface area (TPSA) is 141 Å². The Balaban J connectivity index is 1.25. The van der Waals surface area contributed by atoms with Gasteiger partial charge in [0.15, 0.2) is 0 Å². The molecule has 0 aliphatic carbocycles. The minimum atomic E-state index is -0.615. The molecule has 0 atom stereocenters. The average Bonchev–Trinajstić information content (AvgIpc) is 3.01. The average molecular weight is 579 g/mol. The van der Waals surface area contributed by atoms with Crippen molar-refractivity contribution in [3.8, 4) is 0 Å². The Morgan fingerprint density at radius 1 is 0.905 bits per heavy atom. The van der Waals surface area contributed by atoms with Gasteiger partial charge in [-0.3, -0.25) is 19.2 Å². The third kappa shape index (κ3) is 8.22. The molecule has 4 N–H and O–H groups in total. The van der Waals surface area contributed by atoms with Crippen molar-refractivity contribution in [3.05, 3.63) is 75.5 Å². The third-order valence-corrected chi connectivity index (χ3v) is 7.57. The van der Waals surface area contributed by atoms with Crippen molar-refractivity contribution in [3.63, 3.8) is 0 Å². The number of hydrogen-bond donors (Lipinski definition) is 3. The zero-order valence-corrected chi connectivity index (χ0v) is 23.9. The van der Waals surface area contributed by atoms with Crippen LogP contribution in [0.5, 0.6) is 0 Å². The number of carbonyl (C=O) groups excluding carboxylic acids is 3. The normalized spacial score (nSPS) is 13.4. The summed E-state index contributed by atoms with van der Waals surface area (Å²) >= 11 is 0. The van der Waals surface area contributed by atoms with Crippen LogP contribution in [0.25, 0.3) is 10.8 Å².